The molecule has 3 N–H and O–H groups in total. The fraction of sp³-hybridized carbons (Fsp3) is 0.909. The van der Waals surface area contributed by atoms with Gasteiger partial charge in [0.25, 0.3) is 0 Å². The van der Waals surface area contributed by atoms with Gasteiger partial charge >= 0.3 is 0 Å². The highest BCUT2D eigenvalue weighted by atomic mass is 16.2. The quantitative estimate of drug-likeness (QED) is 0.440. The maximum atomic E-state index is 13.7. The van der Waals surface area contributed by atoms with Crippen LogP contribution in [0.4, 0.5) is 0 Å². The van der Waals surface area contributed by atoms with Gasteiger partial charge in [0.05, 0.1) is 0 Å². The van der Waals surface area contributed by atoms with Crippen molar-refractivity contribution in [3.63, 3.8) is 0 Å². The van der Waals surface area contributed by atoms with Crippen molar-refractivity contribution in [2.24, 2.45) is 53.3 Å². The molecule has 3 amide bonds. The van der Waals surface area contributed by atoms with Crippen LogP contribution < -0.4 is 16.0 Å². The first-order chi connectivity index (χ1) is 19.0. The SMILES string of the molecule is O=C(NC1CC2CCC1CC2)C1CC(C(=O)NC2CC3CCC2CC3)CC(C(=O)NC2CC3CCC2CC3)C1. The van der Waals surface area contributed by atoms with E-state index in [1.165, 1.54) is 77.0 Å². The number of hydrogen-bond donors (Lipinski definition) is 3. The van der Waals surface area contributed by atoms with Gasteiger partial charge in [-0.1, -0.05) is 38.5 Å². The van der Waals surface area contributed by atoms with Crippen molar-refractivity contribution < 1.29 is 14.4 Å². The number of hydrogen-bond acceptors (Lipinski definition) is 3. The van der Waals surface area contributed by atoms with Crippen LogP contribution in [-0.2, 0) is 14.4 Å². The fourth-order valence-corrected chi connectivity index (χ4v) is 10.5. The van der Waals surface area contributed by atoms with Gasteiger partial charge in [-0.25, -0.2) is 0 Å². The average Bonchev–Trinajstić information content (AvgIpc) is 2.99. The maximum Gasteiger partial charge on any atom is 0.223 e. The van der Waals surface area contributed by atoms with Crippen molar-refractivity contribution in [1.82, 2.24) is 16.0 Å². The van der Waals surface area contributed by atoms with Crippen molar-refractivity contribution in [2.45, 2.75) is 134 Å². The van der Waals surface area contributed by atoms with E-state index < -0.39 is 0 Å². The molecule has 216 valence electrons. The zero-order chi connectivity index (χ0) is 26.5. The first kappa shape index (κ1) is 26.3. The molecule has 0 radical (unpaired) electrons. The van der Waals surface area contributed by atoms with Gasteiger partial charge in [0.1, 0.15) is 0 Å². The Bertz CT molecular complexity index is 804. The molecule has 0 heterocycles. The summed E-state index contributed by atoms with van der Waals surface area (Å²) in [6.45, 7) is 0. The molecule has 6 nitrogen and oxygen atoms in total. The number of rotatable bonds is 6. The maximum absolute atomic E-state index is 13.7. The molecule has 10 aliphatic rings. The van der Waals surface area contributed by atoms with Crippen LogP contribution in [0.1, 0.15) is 116 Å². The molecule has 6 bridgehead atoms. The van der Waals surface area contributed by atoms with Gasteiger partial charge in [0.2, 0.25) is 17.7 Å². The van der Waals surface area contributed by atoms with E-state index >= 15 is 0 Å². The molecule has 39 heavy (non-hydrogen) atoms. The van der Waals surface area contributed by atoms with Crippen LogP contribution in [0.15, 0.2) is 0 Å². The van der Waals surface area contributed by atoms with E-state index in [0.717, 1.165) is 37.0 Å². The second-order valence-corrected chi connectivity index (χ2v) is 15.2. The van der Waals surface area contributed by atoms with E-state index in [2.05, 4.69) is 16.0 Å². The number of nitrogens with one attached hydrogen (secondary N) is 3. The summed E-state index contributed by atoms with van der Waals surface area (Å²) in [6, 6.07) is 0.881. The molecule has 3 atom stereocenters. The number of fused-ring (bicyclic) bond motifs is 9. The summed E-state index contributed by atoms with van der Waals surface area (Å²) in [5.74, 6) is 3.74. The van der Waals surface area contributed by atoms with E-state index in [9.17, 15) is 14.4 Å². The van der Waals surface area contributed by atoms with Gasteiger partial charge in [0.15, 0.2) is 0 Å². The third kappa shape index (κ3) is 5.52. The molecule has 0 saturated heterocycles. The number of amides is 3. The Morgan fingerprint density at radius 2 is 0.615 bits per heavy atom. The van der Waals surface area contributed by atoms with Crippen molar-refractivity contribution in [2.75, 3.05) is 0 Å². The highest BCUT2D eigenvalue weighted by Crippen LogP contribution is 2.44. The average molecular weight is 538 g/mol. The molecule has 10 fully saturated rings. The van der Waals surface area contributed by atoms with Gasteiger partial charge in [-0.05, 0) is 113 Å². The van der Waals surface area contributed by atoms with Crippen LogP contribution in [-0.4, -0.2) is 35.8 Å². The summed E-state index contributed by atoms with van der Waals surface area (Å²) in [5.41, 5.74) is 0. The van der Waals surface area contributed by atoms with Gasteiger partial charge in [-0.15, -0.1) is 0 Å². The molecule has 10 rings (SSSR count). The van der Waals surface area contributed by atoms with Crippen molar-refractivity contribution in [3.05, 3.63) is 0 Å². The highest BCUT2D eigenvalue weighted by molar-refractivity contribution is 5.86. The molecular formula is C33H51N3O3. The predicted molar refractivity (Wildman–Crippen MR) is 150 cm³/mol. The minimum atomic E-state index is -0.240. The Labute approximate surface area is 235 Å². The minimum Gasteiger partial charge on any atom is -0.353 e. The molecular weight excluding hydrogens is 486 g/mol. The summed E-state index contributed by atoms with van der Waals surface area (Å²) >= 11 is 0. The topological polar surface area (TPSA) is 87.3 Å². The van der Waals surface area contributed by atoms with Gasteiger partial charge in [-0.2, -0.15) is 0 Å². The summed E-state index contributed by atoms with van der Waals surface area (Å²) in [6.07, 6.45) is 20.5. The smallest absolute Gasteiger partial charge is 0.223 e. The second kappa shape index (κ2) is 11.0. The Kier molecular flexibility index (Phi) is 7.43. The van der Waals surface area contributed by atoms with Crippen LogP contribution in [0.5, 0.6) is 0 Å². The van der Waals surface area contributed by atoms with E-state index in [-0.39, 0.29) is 35.5 Å². The highest BCUT2D eigenvalue weighted by Gasteiger charge is 2.44. The van der Waals surface area contributed by atoms with Crippen LogP contribution in [0, 0.1) is 53.3 Å². The zero-order valence-electron chi connectivity index (χ0n) is 23.9. The lowest BCUT2D eigenvalue weighted by molar-refractivity contribution is -0.137. The normalized spacial score (nSPS) is 46.5. The molecule has 0 spiro atoms. The van der Waals surface area contributed by atoms with E-state index in [0.29, 0.717) is 55.1 Å². The monoisotopic (exact) mass is 537 g/mol. The lowest BCUT2D eigenvalue weighted by Gasteiger charge is -2.45. The molecule has 0 aromatic carbocycles. The van der Waals surface area contributed by atoms with E-state index in [4.69, 9.17) is 0 Å². The predicted octanol–water partition coefficient (Wildman–Crippen LogP) is 5.10. The third-order valence-corrected chi connectivity index (χ3v) is 12.9. The molecule has 10 aliphatic carbocycles. The second-order valence-electron chi connectivity index (χ2n) is 15.2. The Hall–Kier alpha value is -1.59. The van der Waals surface area contributed by atoms with Crippen LogP contribution in [0.2, 0.25) is 0 Å². The van der Waals surface area contributed by atoms with Crippen LogP contribution in [0.25, 0.3) is 0 Å². The summed E-state index contributed by atoms with van der Waals surface area (Å²) in [7, 11) is 0. The first-order valence-electron chi connectivity index (χ1n) is 16.9. The van der Waals surface area contributed by atoms with Crippen LogP contribution in [0.3, 0.4) is 0 Å². The minimum absolute atomic E-state index is 0.108. The summed E-state index contributed by atoms with van der Waals surface area (Å²) < 4.78 is 0. The Morgan fingerprint density at radius 3 is 0.821 bits per heavy atom. The van der Waals surface area contributed by atoms with Gasteiger partial charge in [-0.3, -0.25) is 14.4 Å². The molecule has 0 aromatic heterocycles. The Balaban J connectivity index is 1.03. The zero-order valence-corrected chi connectivity index (χ0v) is 23.9. The molecule has 10 saturated carbocycles. The lowest BCUT2D eigenvalue weighted by atomic mass is 9.67. The number of carbonyl (C=O) groups excluding carboxylic acids is 3. The van der Waals surface area contributed by atoms with Crippen molar-refractivity contribution >= 4 is 17.7 Å². The third-order valence-electron chi connectivity index (χ3n) is 12.9. The van der Waals surface area contributed by atoms with Crippen LogP contribution >= 0.6 is 0 Å². The molecule has 6 heteroatoms. The Morgan fingerprint density at radius 1 is 0.359 bits per heavy atom. The lowest BCUT2D eigenvalue weighted by Crippen LogP contribution is -2.53. The first-order valence-corrected chi connectivity index (χ1v) is 16.9. The van der Waals surface area contributed by atoms with E-state index in [1.54, 1.807) is 0 Å². The van der Waals surface area contributed by atoms with E-state index in [1.807, 2.05) is 0 Å². The summed E-state index contributed by atoms with van der Waals surface area (Å²) in [4.78, 5) is 41.1. The van der Waals surface area contributed by atoms with Gasteiger partial charge in [0, 0.05) is 35.9 Å². The summed E-state index contributed by atoms with van der Waals surface area (Å²) in [5, 5.41) is 10.3. The molecule has 3 unspecified atom stereocenters. The van der Waals surface area contributed by atoms with Crippen molar-refractivity contribution in [3.8, 4) is 0 Å². The number of carbonyl (C=O) groups is 3. The molecule has 0 aliphatic heterocycles. The van der Waals surface area contributed by atoms with Gasteiger partial charge < -0.3 is 16.0 Å². The standard InChI is InChI=1S/C33H51N3O3/c37-31(34-28-13-19-1-7-22(28)8-2-19)25-16-26(32(38)35-29-14-20-3-9-23(29)10-4-20)18-27(17-25)33(39)36-30-15-21-5-11-24(30)12-6-21/h19-30H,1-18H2,(H,34,37)(H,35,38)(H,36,39). The van der Waals surface area contributed by atoms with Crippen molar-refractivity contribution in [1.29, 1.82) is 0 Å². The molecule has 0 aromatic rings. The fourth-order valence-electron chi connectivity index (χ4n) is 10.5. The largest absolute Gasteiger partial charge is 0.353 e.